The van der Waals surface area contributed by atoms with Crippen LogP contribution in [0, 0.1) is 144 Å². The Kier molecular flexibility index (Phi) is 25.8. The van der Waals surface area contributed by atoms with E-state index < -0.39 is 110 Å². The Morgan fingerprint density at radius 2 is 0.802 bits per heavy atom. The molecule has 5 heterocycles. The molecule has 0 radical (unpaired) electrons. The molecule has 5 saturated heterocycles. The van der Waals surface area contributed by atoms with Gasteiger partial charge in [-0.3, -0.25) is 62.3 Å². The Balaban J connectivity index is 0.000000123. The number of hydrogen-bond acceptors (Lipinski definition) is 26. The van der Waals surface area contributed by atoms with Gasteiger partial charge in [0.05, 0.1) is 87.6 Å². The van der Waals surface area contributed by atoms with Gasteiger partial charge in [-0.25, -0.2) is 0 Å². The van der Waals surface area contributed by atoms with Crippen LogP contribution in [0.25, 0.3) is 0 Å². The van der Waals surface area contributed by atoms with Gasteiger partial charge in [-0.05, 0) is 286 Å². The predicted octanol–water partition coefficient (Wildman–Crippen LogP) is 15.9. The summed E-state index contributed by atoms with van der Waals surface area (Å²) < 4.78 is 74.7. The summed E-state index contributed by atoms with van der Waals surface area (Å²) in [7, 11) is 0. The Bertz CT molecular complexity index is 4210. The molecule has 14 aliphatic carbocycles. The van der Waals surface area contributed by atoms with E-state index in [1.54, 1.807) is 0 Å². The number of carbonyl (C=O) groups excluding carboxylic acids is 13. The second kappa shape index (κ2) is 34.7. The highest BCUT2D eigenvalue weighted by molar-refractivity contribution is 5.89. The van der Waals surface area contributed by atoms with Crippen molar-refractivity contribution in [2.45, 2.75) is 389 Å². The molecule has 2 spiro atoms. The van der Waals surface area contributed by atoms with Crippen LogP contribution in [0.15, 0.2) is 0 Å². The standard InChI is InChI=1S/C24H34O6.2C22H32O6.2C16H24O4/c1-5-23(3,4)22(27)29-19-15-10-14-16(20(25)28-18(14)19)17(15)21(26)30-24(6-2)11-12-7-8-13(24)9-12;1-5-21(2,3)20(25)27-17-13-11-12-14(18(23)26-16(12)17)15(13)19(24)28-22(4)9-7-6-8-10-22;1-5-21(3,4)20(25)27-17-13-11-12-14(18(23)26-16(12)17)15(13)19(24)28-22(6-2)9-7-8-10-22;1-4-15(2,3)14(18)20-12-6-10-5-11(12)16(7-10)8-13(17)19-9-16;1-4-15(2,3)13(17)20-12-8-10-7-11(12)16(9-10)5-6-19-14(16)18/h12-19H,5-11H2,1-4H3;2*12-17H,5-11H2,1-4H3;2*10-12H,4-9H2,1-3H3. The summed E-state index contributed by atoms with van der Waals surface area (Å²) in [6, 6.07) is 0. The first-order valence-corrected chi connectivity index (χ1v) is 49.0. The minimum Gasteiger partial charge on any atom is -0.465 e. The number of ether oxygens (including phenoxy) is 13. The van der Waals surface area contributed by atoms with E-state index in [0.717, 1.165) is 141 Å². The molecule has 26 heteroatoms. The van der Waals surface area contributed by atoms with Crippen LogP contribution in [0.5, 0.6) is 0 Å². The van der Waals surface area contributed by atoms with Gasteiger partial charge >= 0.3 is 77.6 Å². The van der Waals surface area contributed by atoms with Crippen LogP contribution < -0.4 is 0 Å². The summed E-state index contributed by atoms with van der Waals surface area (Å²) in [6.45, 7) is 35.9. The van der Waals surface area contributed by atoms with Gasteiger partial charge in [-0.15, -0.1) is 0 Å². The average Bonchev–Trinajstić information content (AvgIpc) is 1.55. The molecule has 0 N–H and O–H groups in total. The smallest absolute Gasteiger partial charge is 0.312 e. The minimum absolute atomic E-state index is 0.0124. The van der Waals surface area contributed by atoms with Crippen molar-refractivity contribution in [2.24, 2.45) is 144 Å². The van der Waals surface area contributed by atoms with E-state index in [9.17, 15) is 62.3 Å². The van der Waals surface area contributed by atoms with Gasteiger partial charge in [0.1, 0.15) is 65.6 Å². The molecular weight excluding hydrogens is 1620 g/mol. The summed E-state index contributed by atoms with van der Waals surface area (Å²) in [5.41, 5.74) is -4.26. The highest BCUT2D eigenvalue weighted by atomic mass is 16.6. The SMILES string of the molecule is CCC(C)(C)C(=O)OC1C2CC3C1OC(=O)C3C2C(=O)OC1(C)CCCCC1.CCC(C)(C)C(=O)OC1C2CC3C1OC(=O)C3C2C(=O)OC1(CC)CC2CCC1C2.CCC(C)(C)C(=O)OC1CC2CC1C1(CCOC1=O)C2.CCC(C)(C)C(=O)OC1CC2CC1C1(COC(=O)C1)C2.CCC1(OC(=O)C2C3CC4C(OC(=O)C42)C3OC(=O)C(C)(C)CC)CCCC1. The molecule has 12 bridgehead atoms. The number of esters is 13. The summed E-state index contributed by atoms with van der Waals surface area (Å²) >= 11 is 0. The molecule has 26 nitrogen and oxygen atoms in total. The highest BCUT2D eigenvalue weighted by Crippen LogP contribution is 2.66. The first-order chi connectivity index (χ1) is 59.3. The molecule has 0 aromatic rings. The third-order valence-electron chi connectivity index (χ3n) is 36.7. The van der Waals surface area contributed by atoms with Crippen LogP contribution in [0.3, 0.4) is 0 Å². The number of rotatable bonds is 23. The molecule has 29 unspecified atom stereocenters. The van der Waals surface area contributed by atoms with Gasteiger partial charge in [0.25, 0.3) is 0 Å². The van der Waals surface area contributed by atoms with Crippen molar-refractivity contribution in [3.8, 4) is 0 Å². The largest absolute Gasteiger partial charge is 0.465 e. The van der Waals surface area contributed by atoms with Gasteiger partial charge in [0.2, 0.25) is 0 Å². The van der Waals surface area contributed by atoms with Crippen LogP contribution >= 0.6 is 0 Å². The molecule has 0 aromatic carbocycles. The maximum Gasteiger partial charge on any atom is 0.312 e. The Hall–Kier alpha value is -6.89. The summed E-state index contributed by atoms with van der Waals surface area (Å²) in [5.74, 6) is -4.05. The Morgan fingerprint density at radius 3 is 1.17 bits per heavy atom. The van der Waals surface area contributed by atoms with Crippen LogP contribution in [-0.4, -0.2) is 156 Å². The van der Waals surface area contributed by atoms with Crippen molar-refractivity contribution in [3.63, 3.8) is 0 Å². The topological polar surface area (TPSA) is 342 Å². The lowest BCUT2D eigenvalue weighted by atomic mass is 9.71. The van der Waals surface area contributed by atoms with E-state index in [1.807, 2.05) is 111 Å². The van der Waals surface area contributed by atoms with Gasteiger partial charge in [-0.1, -0.05) is 54.9 Å². The predicted molar refractivity (Wildman–Crippen MR) is 453 cm³/mol. The lowest BCUT2D eigenvalue weighted by Gasteiger charge is -2.39. The van der Waals surface area contributed by atoms with Crippen LogP contribution in [0.2, 0.25) is 0 Å². The van der Waals surface area contributed by atoms with E-state index in [4.69, 9.17) is 61.6 Å². The number of fused-ring (bicyclic) bond motifs is 11. The third-order valence-corrected chi connectivity index (χ3v) is 36.7. The van der Waals surface area contributed by atoms with Crippen molar-refractivity contribution in [1.29, 1.82) is 0 Å². The molecule has 14 saturated carbocycles. The molecule has 0 aromatic heterocycles. The second-order valence-corrected chi connectivity index (χ2v) is 45.8. The summed E-state index contributed by atoms with van der Waals surface area (Å²) in [4.78, 5) is 164. The zero-order valence-corrected chi connectivity index (χ0v) is 78.5. The van der Waals surface area contributed by atoms with Crippen molar-refractivity contribution < 1.29 is 124 Å². The number of cyclic esters (lactones) is 2. The van der Waals surface area contributed by atoms with Gasteiger partial charge in [0, 0.05) is 52.8 Å². The average molecular weight is 1760 g/mol. The van der Waals surface area contributed by atoms with Crippen molar-refractivity contribution in [1.82, 2.24) is 0 Å². The molecule has 0 amide bonds. The fourth-order valence-electron chi connectivity index (χ4n) is 26.9. The molecular formula is C100H146O26. The lowest BCUT2D eigenvalue weighted by molar-refractivity contribution is -0.182. The van der Waals surface area contributed by atoms with Gasteiger partial charge in [-0.2, -0.15) is 0 Å². The van der Waals surface area contributed by atoms with Gasteiger partial charge in [0.15, 0.2) is 0 Å². The fraction of sp³-hybridized carbons (Fsp3) is 0.870. The molecule has 19 fully saturated rings. The quantitative estimate of drug-likeness (QED) is 0.0677. The normalized spacial score (nSPS) is 40.3. The Morgan fingerprint density at radius 1 is 0.397 bits per heavy atom. The van der Waals surface area contributed by atoms with Gasteiger partial charge < -0.3 is 61.6 Å². The number of hydrogen-bond donors (Lipinski definition) is 0. The third kappa shape index (κ3) is 16.6. The maximum atomic E-state index is 13.5. The van der Waals surface area contributed by atoms with Crippen molar-refractivity contribution >= 4 is 77.6 Å². The van der Waals surface area contributed by atoms with E-state index >= 15 is 0 Å². The zero-order valence-electron chi connectivity index (χ0n) is 78.5. The molecule has 19 rings (SSSR count). The first kappa shape index (κ1) is 93.8. The van der Waals surface area contributed by atoms with E-state index in [1.165, 1.54) is 12.8 Å². The molecule has 19 aliphatic rings. The minimum atomic E-state index is -0.602. The Labute approximate surface area is 744 Å². The zero-order chi connectivity index (χ0) is 91.0. The van der Waals surface area contributed by atoms with Crippen molar-refractivity contribution in [3.05, 3.63) is 0 Å². The number of carbonyl (C=O) groups is 13. The van der Waals surface area contributed by atoms with E-state index in [-0.39, 0.29) is 148 Å². The fourth-order valence-corrected chi connectivity index (χ4v) is 26.9. The summed E-state index contributed by atoms with van der Waals surface area (Å²) in [5, 5.41) is 0. The second-order valence-electron chi connectivity index (χ2n) is 45.8. The molecule has 702 valence electrons. The van der Waals surface area contributed by atoms with Crippen LogP contribution in [-0.2, 0) is 124 Å². The lowest BCUT2D eigenvalue weighted by Crippen LogP contribution is -2.48. The maximum absolute atomic E-state index is 13.5. The monoisotopic (exact) mass is 1760 g/mol. The van der Waals surface area contributed by atoms with Crippen molar-refractivity contribution in [2.75, 3.05) is 13.2 Å². The van der Waals surface area contributed by atoms with Crippen LogP contribution in [0.1, 0.15) is 324 Å². The van der Waals surface area contributed by atoms with Crippen LogP contribution in [0.4, 0.5) is 0 Å². The molecule has 126 heavy (non-hydrogen) atoms. The van der Waals surface area contributed by atoms with E-state index in [0.29, 0.717) is 87.7 Å². The summed E-state index contributed by atoms with van der Waals surface area (Å²) in [6.07, 6.45) is 24.9. The van der Waals surface area contributed by atoms with E-state index in [2.05, 4.69) is 13.8 Å². The molecule has 5 aliphatic heterocycles. The first-order valence-electron chi connectivity index (χ1n) is 49.0. The highest BCUT2D eigenvalue weighted by Gasteiger charge is 2.75. The molecule has 29 atom stereocenters.